The van der Waals surface area contributed by atoms with Crippen LogP contribution in [-0.4, -0.2) is 16.5 Å². The predicted octanol–water partition coefficient (Wildman–Crippen LogP) is 5.49. The van der Waals surface area contributed by atoms with Crippen molar-refractivity contribution in [3.63, 3.8) is 0 Å². The Morgan fingerprint density at radius 2 is 1.96 bits per heavy atom. The second-order valence-corrected chi connectivity index (χ2v) is 5.62. The van der Waals surface area contributed by atoms with Crippen LogP contribution in [0.25, 0.3) is 0 Å². The molecule has 24 heavy (non-hydrogen) atoms. The van der Waals surface area contributed by atoms with Crippen LogP contribution in [0.2, 0.25) is 5.02 Å². The summed E-state index contributed by atoms with van der Waals surface area (Å²) in [6, 6.07) is 4.67. The summed E-state index contributed by atoms with van der Waals surface area (Å²) >= 11 is 5.97. The molecule has 4 nitrogen and oxygen atoms in total. The number of anilines is 3. The molecule has 0 unspecified atom stereocenters. The van der Waals surface area contributed by atoms with E-state index in [2.05, 4.69) is 27.5 Å². The third-order valence-corrected chi connectivity index (χ3v) is 3.61. The van der Waals surface area contributed by atoms with Gasteiger partial charge in [-0.05, 0) is 30.7 Å². The largest absolute Gasteiger partial charge is 0.416 e. The Morgan fingerprint density at radius 1 is 1.17 bits per heavy atom. The summed E-state index contributed by atoms with van der Waals surface area (Å²) in [5.74, 6) is 0.781. The molecule has 130 valence electrons. The predicted molar refractivity (Wildman–Crippen MR) is 89.8 cm³/mol. The maximum atomic E-state index is 12.8. The number of halogens is 4. The molecule has 2 aromatic rings. The van der Waals surface area contributed by atoms with Gasteiger partial charge in [-0.3, -0.25) is 0 Å². The maximum absolute atomic E-state index is 12.8. The third-order valence-electron chi connectivity index (χ3n) is 3.28. The first kappa shape index (κ1) is 18.3. The van der Waals surface area contributed by atoms with E-state index in [0.717, 1.165) is 37.9 Å². The summed E-state index contributed by atoms with van der Waals surface area (Å²) in [4.78, 5) is 8.31. The van der Waals surface area contributed by atoms with E-state index < -0.39 is 11.7 Å². The van der Waals surface area contributed by atoms with Gasteiger partial charge in [-0.25, -0.2) is 4.98 Å². The van der Waals surface area contributed by atoms with E-state index in [0.29, 0.717) is 11.8 Å². The van der Waals surface area contributed by atoms with Crippen molar-refractivity contribution in [2.75, 3.05) is 17.2 Å². The average Bonchev–Trinajstić information content (AvgIpc) is 2.53. The Labute approximate surface area is 143 Å². The van der Waals surface area contributed by atoms with Gasteiger partial charge in [0.15, 0.2) is 0 Å². The Kier molecular flexibility index (Phi) is 6.25. The monoisotopic (exact) mass is 358 g/mol. The van der Waals surface area contributed by atoms with E-state index in [1.807, 2.05) is 0 Å². The molecule has 0 radical (unpaired) electrons. The van der Waals surface area contributed by atoms with Crippen LogP contribution in [0.1, 0.15) is 31.7 Å². The van der Waals surface area contributed by atoms with Gasteiger partial charge in [-0.15, -0.1) is 0 Å². The Hall–Kier alpha value is -2.02. The first-order chi connectivity index (χ1) is 11.4. The number of hydrogen-bond donors (Lipinski definition) is 2. The molecule has 0 aliphatic heterocycles. The van der Waals surface area contributed by atoms with Crippen LogP contribution in [0.15, 0.2) is 30.5 Å². The molecule has 8 heteroatoms. The first-order valence-electron chi connectivity index (χ1n) is 7.61. The minimum atomic E-state index is -4.43. The van der Waals surface area contributed by atoms with Gasteiger partial charge < -0.3 is 10.6 Å². The van der Waals surface area contributed by atoms with Gasteiger partial charge >= 0.3 is 6.18 Å². The number of aromatic nitrogens is 2. The van der Waals surface area contributed by atoms with Crippen LogP contribution in [0.3, 0.4) is 0 Å². The van der Waals surface area contributed by atoms with E-state index in [1.54, 1.807) is 6.07 Å². The number of hydrogen-bond acceptors (Lipinski definition) is 4. The number of alkyl halides is 3. The Morgan fingerprint density at radius 3 is 2.67 bits per heavy atom. The molecule has 0 amide bonds. The van der Waals surface area contributed by atoms with Crippen molar-refractivity contribution in [2.45, 2.75) is 32.4 Å². The molecule has 2 rings (SSSR count). The Bertz CT molecular complexity index is 677. The van der Waals surface area contributed by atoms with Gasteiger partial charge in [-0.2, -0.15) is 18.2 Å². The van der Waals surface area contributed by atoms with Gasteiger partial charge in [0, 0.05) is 12.7 Å². The Balaban J connectivity index is 2.11. The number of unbranched alkanes of at least 4 members (excludes halogenated alkanes) is 2. The molecule has 0 atom stereocenters. The van der Waals surface area contributed by atoms with Crippen molar-refractivity contribution in [1.29, 1.82) is 0 Å². The summed E-state index contributed by atoms with van der Waals surface area (Å²) in [5.41, 5.74) is -0.636. The molecule has 1 aromatic heterocycles. The lowest BCUT2D eigenvalue weighted by Crippen LogP contribution is -2.07. The second kappa shape index (κ2) is 8.19. The topological polar surface area (TPSA) is 49.8 Å². The van der Waals surface area contributed by atoms with Gasteiger partial charge in [0.1, 0.15) is 5.82 Å². The summed E-state index contributed by atoms with van der Waals surface area (Å²) in [6.45, 7) is 2.85. The highest BCUT2D eigenvalue weighted by molar-refractivity contribution is 6.33. The highest BCUT2D eigenvalue weighted by Gasteiger charge is 2.31. The first-order valence-corrected chi connectivity index (χ1v) is 7.98. The molecular formula is C16H18ClF3N4. The number of nitrogens with zero attached hydrogens (tertiary/aromatic N) is 2. The summed E-state index contributed by atoms with van der Waals surface area (Å²) in [6.07, 6.45) is 0.303. The van der Waals surface area contributed by atoms with Gasteiger partial charge in [-0.1, -0.05) is 31.4 Å². The zero-order valence-corrected chi connectivity index (χ0v) is 13.9. The van der Waals surface area contributed by atoms with Gasteiger partial charge in [0.2, 0.25) is 5.95 Å². The molecule has 1 aromatic carbocycles. The van der Waals surface area contributed by atoms with E-state index in [-0.39, 0.29) is 10.7 Å². The minimum absolute atomic E-state index is 0.141. The van der Waals surface area contributed by atoms with Crippen LogP contribution in [0.4, 0.5) is 30.6 Å². The average molecular weight is 359 g/mol. The van der Waals surface area contributed by atoms with E-state index >= 15 is 0 Å². The zero-order chi connectivity index (χ0) is 17.6. The smallest absolute Gasteiger partial charge is 0.354 e. The van der Waals surface area contributed by atoms with Crippen molar-refractivity contribution in [1.82, 2.24) is 9.97 Å². The highest BCUT2D eigenvalue weighted by Crippen LogP contribution is 2.34. The SMILES string of the molecule is CCCCCNc1nccc(Nc2cc(C(F)(F)F)ccc2Cl)n1. The molecule has 1 heterocycles. The summed E-state index contributed by atoms with van der Waals surface area (Å²) in [5, 5.41) is 6.06. The fraction of sp³-hybridized carbons (Fsp3) is 0.375. The molecule has 0 bridgehead atoms. The van der Waals surface area contributed by atoms with Crippen LogP contribution in [0, 0.1) is 0 Å². The van der Waals surface area contributed by atoms with Crippen molar-refractivity contribution >= 4 is 29.1 Å². The highest BCUT2D eigenvalue weighted by atomic mass is 35.5. The summed E-state index contributed by atoms with van der Waals surface area (Å²) < 4.78 is 38.4. The fourth-order valence-electron chi connectivity index (χ4n) is 2.02. The molecule has 0 aliphatic rings. The molecule has 0 saturated carbocycles. The van der Waals surface area contributed by atoms with Crippen LogP contribution in [0.5, 0.6) is 0 Å². The van der Waals surface area contributed by atoms with E-state index in [4.69, 9.17) is 11.6 Å². The quantitative estimate of drug-likeness (QED) is 0.642. The maximum Gasteiger partial charge on any atom is 0.416 e. The van der Waals surface area contributed by atoms with E-state index in [1.165, 1.54) is 12.3 Å². The second-order valence-electron chi connectivity index (χ2n) is 5.22. The zero-order valence-electron chi connectivity index (χ0n) is 13.1. The standard InChI is InChI=1S/C16H18ClF3N4/c1-2-3-4-8-21-15-22-9-7-14(24-15)23-13-10-11(16(18,19)20)5-6-12(13)17/h5-7,9-10H,2-4,8H2,1H3,(H2,21,22,23,24). The lowest BCUT2D eigenvalue weighted by atomic mass is 10.2. The summed E-state index contributed by atoms with van der Waals surface area (Å²) in [7, 11) is 0. The van der Waals surface area contributed by atoms with Crippen molar-refractivity contribution < 1.29 is 13.2 Å². The van der Waals surface area contributed by atoms with Crippen molar-refractivity contribution in [3.05, 3.63) is 41.0 Å². The fourth-order valence-corrected chi connectivity index (χ4v) is 2.19. The number of rotatable bonds is 7. The number of benzene rings is 1. The van der Waals surface area contributed by atoms with Gasteiger partial charge in [0.25, 0.3) is 0 Å². The molecule has 0 saturated heterocycles. The third kappa shape index (κ3) is 5.26. The van der Waals surface area contributed by atoms with Crippen LogP contribution < -0.4 is 10.6 Å². The lowest BCUT2D eigenvalue weighted by Gasteiger charge is -2.12. The van der Waals surface area contributed by atoms with Crippen LogP contribution >= 0.6 is 11.6 Å². The molecular weight excluding hydrogens is 341 g/mol. The lowest BCUT2D eigenvalue weighted by molar-refractivity contribution is -0.137. The molecule has 0 aliphatic carbocycles. The van der Waals surface area contributed by atoms with Crippen LogP contribution in [-0.2, 0) is 6.18 Å². The molecule has 0 fully saturated rings. The number of nitrogens with one attached hydrogen (secondary N) is 2. The molecule has 2 N–H and O–H groups in total. The van der Waals surface area contributed by atoms with Crippen molar-refractivity contribution in [3.8, 4) is 0 Å². The van der Waals surface area contributed by atoms with Gasteiger partial charge in [0.05, 0.1) is 16.3 Å². The normalized spacial score (nSPS) is 11.4. The van der Waals surface area contributed by atoms with E-state index in [9.17, 15) is 13.2 Å². The molecule has 0 spiro atoms. The van der Waals surface area contributed by atoms with Crippen molar-refractivity contribution in [2.24, 2.45) is 0 Å². The minimum Gasteiger partial charge on any atom is -0.354 e.